The first-order valence-electron chi connectivity index (χ1n) is 6.71. The first-order chi connectivity index (χ1) is 8.74. The smallest absolute Gasteiger partial charge is 0.185 e. The predicted molar refractivity (Wildman–Crippen MR) is 76.4 cm³/mol. The Bertz CT molecular complexity index is 369. The van der Waals surface area contributed by atoms with Crippen molar-refractivity contribution in [1.82, 2.24) is 10.3 Å². The lowest BCUT2D eigenvalue weighted by Crippen LogP contribution is -2.23. The summed E-state index contributed by atoms with van der Waals surface area (Å²) in [6.45, 7) is 7.43. The highest BCUT2D eigenvalue weighted by molar-refractivity contribution is 7.13. The molecule has 0 saturated carbocycles. The number of hydrogen-bond acceptors (Lipinski definition) is 5. The molecule has 1 saturated heterocycles. The van der Waals surface area contributed by atoms with Gasteiger partial charge in [0, 0.05) is 31.6 Å². The van der Waals surface area contributed by atoms with E-state index >= 15 is 0 Å². The molecular formula is C13H23N3OS. The van der Waals surface area contributed by atoms with Crippen LogP contribution in [-0.2, 0) is 4.74 Å². The molecule has 1 N–H and O–H groups in total. The molecule has 2 unspecified atom stereocenters. The van der Waals surface area contributed by atoms with Gasteiger partial charge in [-0.1, -0.05) is 6.92 Å². The standard InChI is InChI=1S/C13H23N3OS/c1-4-6-14-10(2)12-9-18-13(15-12)16-7-5-11(8-16)17-3/h9-11,14H,4-8H2,1-3H3. The van der Waals surface area contributed by atoms with Crippen molar-refractivity contribution in [2.45, 2.75) is 38.8 Å². The molecule has 5 heteroatoms. The number of aromatic nitrogens is 1. The normalized spacial score (nSPS) is 21.5. The van der Waals surface area contributed by atoms with Crippen LogP contribution in [0, 0.1) is 0 Å². The fourth-order valence-corrected chi connectivity index (χ4v) is 3.14. The summed E-state index contributed by atoms with van der Waals surface area (Å²) in [5, 5.41) is 6.78. The molecule has 18 heavy (non-hydrogen) atoms. The molecule has 1 aromatic rings. The van der Waals surface area contributed by atoms with Crippen molar-refractivity contribution in [3.8, 4) is 0 Å². The molecule has 1 aromatic heterocycles. The van der Waals surface area contributed by atoms with E-state index in [-0.39, 0.29) is 0 Å². The second-order valence-electron chi connectivity index (χ2n) is 4.82. The molecule has 1 aliphatic rings. The van der Waals surface area contributed by atoms with Crippen LogP contribution in [0.25, 0.3) is 0 Å². The van der Waals surface area contributed by atoms with Gasteiger partial charge in [-0.25, -0.2) is 4.98 Å². The number of nitrogens with one attached hydrogen (secondary N) is 1. The lowest BCUT2D eigenvalue weighted by Gasteiger charge is -2.14. The van der Waals surface area contributed by atoms with Crippen molar-refractivity contribution < 1.29 is 4.74 Å². The molecule has 102 valence electrons. The Balaban J connectivity index is 1.93. The minimum Gasteiger partial charge on any atom is -0.380 e. The topological polar surface area (TPSA) is 37.4 Å². The van der Waals surface area contributed by atoms with Crippen LogP contribution in [0.2, 0.25) is 0 Å². The molecule has 0 aromatic carbocycles. The molecular weight excluding hydrogens is 246 g/mol. The zero-order chi connectivity index (χ0) is 13.0. The summed E-state index contributed by atoms with van der Waals surface area (Å²) in [5.41, 5.74) is 1.16. The zero-order valence-corrected chi connectivity index (χ0v) is 12.3. The number of nitrogens with zero attached hydrogens (tertiary/aromatic N) is 2. The Hall–Kier alpha value is -0.650. The summed E-state index contributed by atoms with van der Waals surface area (Å²) in [4.78, 5) is 7.07. The van der Waals surface area contributed by atoms with E-state index in [4.69, 9.17) is 9.72 Å². The van der Waals surface area contributed by atoms with Gasteiger partial charge in [-0.15, -0.1) is 11.3 Å². The summed E-state index contributed by atoms with van der Waals surface area (Å²) < 4.78 is 5.39. The first kappa shape index (κ1) is 13.8. The highest BCUT2D eigenvalue weighted by Gasteiger charge is 2.24. The highest BCUT2D eigenvalue weighted by Crippen LogP contribution is 2.27. The molecule has 1 aliphatic heterocycles. The largest absolute Gasteiger partial charge is 0.380 e. The van der Waals surface area contributed by atoms with Gasteiger partial charge in [-0.3, -0.25) is 0 Å². The van der Waals surface area contributed by atoms with Crippen LogP contribution in [0.1, 0.15) is 38.4 Å². The number of thiazole rings is 1. The number of rotatable bonds is 6. The molecule has 2 atom stereocenters. The van der Waals surface area contributed by atoms with E-state index in [0.717, 1.165) is 43.3 Å². The Morgan fingerprint density at radius 1 is 1.67 bits per heavy atom. The van der Waals surface area contributed by atoms with Crippen molar-refractivity contribution in [3.05, 3.63) is 11.1 Å². The molecule has 1 fully saturated rings. The van der Waals surface area contributed by atoms with E-state index in [9.17, 15) is 0 Å². The van der Waals surface area contributed by atoms with Gasteiger partial charge in [0.2, 0.25) is 0 Å². The molecule has 0 spiro atoms. The predicted octanol–water partition coefficient (Wildman–Crippen LogP) is 2.43. The SMILES string of the molecule is CCCNC(C)c1csc(N2CCC(OC)C2)n1. The minimum atomic E-state index is 0.343. The average Bonchev–Trinajstić information content (AvgIpc) is 3.03. The van der Waals surface area contributed by atoms with Crippen LogP contribution >= 0.6 is 11.3 Å². The molecule has 0 radical (unpaired) electrons. The quantitative estimate of drug-likeness (QED) is 0.860. The van der Waals surface area contributed by atoms with Gasteiger partial charge in [0.1, 0.15) is 0 Å². The second-order valence-corrected chi connectivity index (χ2v) is 5.66. The van der Waals surface area contributed by atoms with E-state index in [0.29, 0.717) is 12.1 Å². The summed E-state index contributed by atoms with van der Waals surface area (Å²) >= 11 is 1.74. The summed E-state index contributed by atoms with van der Waals surface area (Å²) in [6.07, 6.45) is 2.63. The lowest BCUT2D eigenvalue weighted by atomic mass is 10.2. The third-order valence-corrected chi connectivity index (χ3v) is 4.32. The fourth-order valence-electron chi connectivity index (χ4n) is 2.18. The van der Waals surface area contributed by atoms with E-state index < -0.39 is 0 Å². The molecule has 4 nitrogen and oxygen atoms in total. The van der Waals surface area contributed by atoms with Crippen LogP contribution in [0.4, 0.5) is 5.13 Å². The lowest BCUT2D eigenvalue weighted by molar-refractivity contribution is 0.121. The number of hydrogen-bond donors (Lipinski definition) is 1. The van der Waals surface area contributed by atoms with Crippen LogP contribution in [0.3, 0.4) is 0 Å². The van der Waals surface area contributed by atoms with Crippen molar-refractivity contribution in [1.29, 1.82) is 0 Å². The maximum Gasteiger partial charge on any atom is 0.185 e. The van der Waals surface area contributed by atoms with Crippen molar-refractivity contribution in [2.75, 3.05) is 31.6 Å². The Kier molecular flexibility index (Phi) is 4.97. The Morgan fingerprint density at radius 2 is 2.50 bits per heavy atom. The van der Waals surface area contributed by atoms with Gasteiger partial charge in [0.15, 0.2) is 5.13 Å². The van der Waals surface area contributed by atoms with Gasteiger partial charge in [-0.2, -0.15) is 0 Å². The second kappa shape index (κ2) is 6.50. The van der Waals surface area contributed by atoms with Gasteiger partial charge in [0.05, 0.1) is 11.8 Å². The molecule has 0 aliphatic carbocycles. The van der Waals surface area contributed by atoms with Gasteiger partial charge in [-0.05, 0) is 26.3 Å². The van der Waals surface area contributed by atoms with E-state index in [1.165, 1.54) is 0 Å². The van der Waals surface area contributed by atoms with Crippen LogP contribution in [-0.4, -0.2) is 37.8 Å². The van der Waals surface area contributed by atoms with E-state index in [2.05, 4.69) is 29.4 Å². The molecule has 0 bridgehead atoms. The number of ether oxygens (including phenoxy) is 1. The molecule has 2 rings (SSSR count). The van der Waals surface area contributed by atoms with Crippen molar-refractivity contribution in [2.24, 2.45) is 0 Å². The average molecular weight is 269 g/mol. The van der Waals surface area contributed by atoms with Gasteiger partial charge in [0.25, 0.3) is 0 Å². The Labute approximate surface area is 113 Å². The monoisotopic (exact) mass is 269 g/mol. The van der Waals surface area contributed by atoms with Crippen LogP contribution < -0.4 is 10.2 Å². The highest BCUT2D eigenvalue weighted by atomic mass is 32.1. The third-order valence-electron chi connectivity index (χ3n) is 3.40. The number of methoxy groups -OCH3 is 1. The summed E-state index contributed by atoms with van der Waals surface area (Å²) in [7, 11) is 1.79. The molecule has 2 heterocycles. The minimum absolute atomic E-state index is 0.343. The van der Waals surface area contributed by atoms with Gasteiger partial charge < -0.3 is 15.0 Å². The van der Waals surface area contributed by atoms with E-state index in [1.54, 1.807) is 18.4 Å². The zero-order valence-electron chi connectivity index (χ0n) is 11.5. The van der Waals surface area contributed by atoms with Gasteiger partial charge >= 0.3 is 0 Å². The first-order valence-corrected chi connectivity index (χ1v) is 7.59. The van der Waals surface area contributed by atoms with Crippen LogP contribution in [0.5, 0.6) is 0 Å². The molecule has 0 amide bonds. The maximum absolute atomic E-state index is 5.39. The third kappa shape index (κ3) is 3.22. The van der Waals surface area contributed by atoms with Crippen LogP contribution in [0.15, 0.2) is 5.38 Å². The van der Waals surface area contributed by atoms with Crippen molar-refractivity contribution >= 4 is 16.5 Å². The number of anilines is 1. The van der Waals surface area contributed by atoms with E-state index in [1.807, 2.05) is 0 Å². The fraction of sp³-hybridized carbons (Fsp3) is 0.769. The maximum atomic E-state index is 5.39. The summed E-state index contributed by atoms with van der Waals surface area (Å²) in [6, 6.07) is 0.343. The van der Waals surface area contributed by atoms with Crippen molar-refractivity contribution in [3.63, 3.8) is 0 Å². The Morgan fingerprint density at radius 3 is 3.17 bits per heavy atom. The summed E-state index contributed by atoms with van der Waals surface area (Å²) in [5.74, 6) is 0.